The first-order valence-corrected chi connectivity index (χ1v) is 6.56. The van der Waals surface area contributed by atoms with E-state index in [0.29, 0.717) is 26.3 Å². The number of alkyl carbamates (subject to hydrolysis) is 1. The molecule has 0 aliphatic carbocycles. The largest absolute Gasteiger partial charge is 0.445 e. The summed E-state index contributed by atoms with van der Waals surface area (Å²) in [5.41, 5.74) is 0.905. The van der Waals surface area contributed by atoms with E-state index in [9.17, 15) is 9.59 Å². The average Bonchev–Trinajstić information content (AvgIpc) is 2.52. The van der Waals surface area contributed by atoms with Crippen LogP contribution in [0.5, 0.6) is 0 Å². The smallest absolute Gasteiger partial charge is 0.407 e. The molecule has 0 aromatic heterocycles. The summed E-state index contributed by atoms with van der Waals surface area (Å²) in [7, 11) is 0. The van der Waals surface area contributed by atoms with Crippen LogP contribution in [0.4, 0.5) is 4.79 Å². The Morgan fingerprint density at radius 3 is 2.60 bits per heavy atom. The Kier molecular flexibility index (Phi) is 5.37. The second-order valence-electron chi connectivity index (χ2n) is 4.41. The third-order valence-corrected chi connectivity index (χ3v) is 2.96. The molecule has 0 radical (unpaired) electrons. The number of nitrogens with zero attached hydrogens (tertiary/aromatic N) is 1. The maximum absolute atomic E-state index is 11.8. The van der Waals surface area contributed by atoms with E-state index in [0.717, 1.165) is 5.56 Å². The van der Waals surface area contributed by atoms with Gasteiger partial charge in [0, 0.05) is 13.1 Å². The van der Waals surface area contributed by atoms with Gasteiger partial charge >= 0.3 is 6.09 Å². The lowest BCUT2D eigenvalue weighted by atomic mass is 10.2. The van der Waals surface area contributed by atoms with Crippen LogP contribution in [0.1, 0.15) is 5.56 Å². The predicted octanol–water partition coefficient (Wildman–Crippen LogP) is 0.772. The quantitative estimate of drug-likeness (QED) is 0.883. The molecule has 0 unspecified atom stereocenters. The molecule has 1 aromatic carbocycles. The van der Waals surface area contributed by atoms with Crippen LogP contribution in [0.15, 0.2) is 30.3 Å². The van der Waals surface area contributed by atoms with E-state index in [2.05, 4.69) is 5.32 Å². The van der Waals surface area contributed by atoms with Crippen molar-refractivity contribution in [1.29, 1.82) is 0 Å². The Balaban J connectivity index is 1.65. The van der Waals surface area contributed by atoms with Gasteiger partial charge in [-0.25, -0.2) is 4.79 Å². The molecule has 1 saturated heterocycles. The molecule has 0 spiro atoms. The zero-order valence-electron chi connectivity index (χ0n) is 11.2. The topological polar surface area (TPSA) is 67.9 Å². The van der Waals surface area contributed by atoms with Crippen LogP contribution in [-0.2, 0) is 20.9 Å². The highest BCUT2D eigenvalue weighted by molar-refractivity contribution is 5.82. The molecule has 2 amide bonds. The number of ether oxygens (including phenoxy) is 2. The molecule has 2 rings (SSSR count). The second kappa shape index (κ2) is 7.49. The number of rotatable bonds is 4. The molecule has 1 aliphatic heterocycles. The first-order chi connectivity index (χ1) is 9.75. The van der Waals surface area contributed by atoms with Gasteiger partial charge in [0.1, 0.15) is 13.2 Å². The Labute approximate surface area is 117 Å². The summed E-state index contributed by atoms with van der Waals surface area (Å²) in [4.78, 5) is 24.9. The van der Waals surface area contributed by atoms with Crippen molar-refractivity contribution in [3.63, 3.8) is 0 Å². The van der Waals surface area contributed by atoms with Gasteiger partial charge in [0.15, 0.2) is 0 Å². The summed E-state index contributed by atoms with van der Waals surface area (Å²) in [5.74, 6) is -0.120. The van der Waals surface area contributed by atoms with Gasteiger partial charge in [-0.2, -0.15) is 0 Å². The van der Waals surface area contributed by atoms with Crippen LogP contribution in [-0.4, -0.2) is 49.7 Å². The highest BCUT2D eigenvalue weighted by Gasteiger charge is 2.17. The molecule has 0 saturated carbocycles. The fourth-order valence-corrected chi connectivity index (χ4v) is 1.85. The Morgan fingerprint density at radius 1 is 1.20 bits per heavy atom. The second-order valence-corrected chi connectivity index (χ2v) is 4.41. The Morgan fingerprint density at radius 2 is 1.90 bits per heavy atom. The molecule has 1 N–H and O–H groups in total. The lowest BCUT2D eigenvalue weighted by Crippen LogP contribution is -2.45. The molecule has 1 aliphatic rings. The Hall–Kier alpha value is -2.08. The van der Waals surface area contributed by atoms with Crippen LogP contribution in [0.25, 0.3) is 0 Å². The number of amides is 2. The molecule has 1 aromatic rings. The maximum atomic E-state index is 11.8. The first kappa shape index (κ1) is 14.3. The zero-order chi connectivity index (χ0) is 14.2. The third-order valence-electron chi connectivity index (χ3n) is 2.96. The standard InChI is InChI=1S/C14H18N2O4/c17-13(16-6-8-19-9-7-16)10-15-14(18)20-11-12-4-2-1-3-5-12/h1-5H,6-11H2,(H,15,18). The van der Waals surface area contributed by atoms with Gasteiger partial charge < -0.3 is 19.7 Å². The van der Waals surface area contributed by atoms with E-state index < -0.39 is 6.09 Å². The maximum Gasteiger partial charge on any atom is 0.407 e. The fourth-order valence-electron chi connectivity index (χ4n) is 1.85. The minimum absolute atomic E-state index is 0.0480. The van der Waals surface area contributed by atoms with Crippen molar-refractivity contribution in [2.24, 2.45) is 0 Å². The van der Waals surface area contributed by atoms with E-state index >= 15 is 0 Å². The molecular weight excluding hydrogens is 260 g/mol. The van der Waals surface area contributed by atoms with Gasteiger partial charge in [0.25, 0.3) is 0 Å². The predicted molar refractivity (Wildman–Crippen MR) is 72.0 cm³/mol. The molecule has 6 heteroatoms. The molecule has 1 fully saturated rings. The number of morpholine rings is 1. The van der Waals surface area contributed by atoms with Gasteiger partial charge in [-0.1, -0.05) is 30.3 Å². The van der Waals surface area contributed by atoms with Gasteiger partial charge in [-0.3, -0.25) is 4.79 Å². The molecular formula is C14H18N2O4. The fraction of sp³-hybridized carbons (Fsp3) is 0.429. The molecule has 6 nitrogen and oxygen atoms in total. The molecule has 0 atom stereocenters. The SMILES string of the molecule is O=C(NCC(=O)N1CCOCC1)OCc1ccccc1. The van der Waals surface area contributed by atoms with Crippen LogP contribution in [0, 0.1) is 0 Å². The Bertz CT molecular complexity index is 444. The zero-order valence-corrected chi connectivity index (χ0v) is 11.2. The van der Waals surface area contributed by atoms with Crippen molar-refractivity contribution >= 4 is 12.0 Å². The molecule has 1 heterocycles. The van der Waals surface area contributed by atoms with Crippen molar-refractivity contribution in [2.45, 2.75) is 6.61 Å². The summed E-state index contributed by atoms with van der Waals surface area (Å²) in [6.07, 6.45) is -0.588. The van der Waals surface area contributed by atoms with Gasteiger partial charge in [-0.15, -0.1) is 0 Å². The summed E-state index contributed by atoms with van der Waals surface area (Å²) >= 11 is 0. The van der Waals surface area contributed by atoms with Crippen LogP contribution >= 0.6 is 0 Å². The summed E-state index contributed by atoms with van der Waals surface area (Å²) < 4.78 is 10.2. The van der Waals surface area contributed by atoms with Gasteiger partial charge in [0.2, 0.25) is 5.91 Å². The molecule has 0 bridgehead atoms. The van der Waals surface area contributed by atoms with E-state index in [1.165, 1.54) is 0 Å². The highest BCUT2D eigenvalue weighted by Crippen LogP contribution is 2.00. The summed E-state index contributed by atoms with van der Waals surface area (Å²) in [6.45, 7) is 2.37. The van der Waals surface area contributed by atoms with Crippen molar-refractivity contribution in [2.75, 3.05) is 32.8 Å². The minimum Gasteiger partial charge on any atom is -0.445 e. The number of hydrogen-bond donors (Lipinski definition) is 1. The number of nitrogens with one attached hydrogen (secondary N) is 1. The van der Waals surface area contributed by atoms with Crippen molar-refractivity contribution in [1.82, 2.24) is 10.2 Å². The average molecular weight is 278 g/mol. The number of carbonyl (C=O) groups excluding carboxylic acids is 2. The van der Waals surface area contributed by atoms with Crippen LogP contribution < -0.4 is 5.32 Å². The monoisotopic (exact) mass is 278 g/mol. The summed E-state index contributed by atoms with van der Waals surface area (Å²) in [6, 6.07) is 9.38. The molecule has 108 valence electrons. The van der Waals surface area contributed by atoms with Crippen molar-refractivity contribution in [3.05, 3.63) is 35.9 Å². The van der Waals surface area contributed by atoms with E-state index in [1.54, 1.807) is 4.90 Å². The van der Waals surface area contributed by atoms with Crippen LogP contribution in [0.2, 0.25) is 0 Å². The molecule has 20 heavy (non-hydrogen) atoms. The highest BCUT2D eigenvalue weighted by atomic mass is 16.5. The van der Waals surface area contributed by atoms with Crippen LogP contribution in [0.3, 0.4) is 0 Å². The number of benzene rings is 1. The lowest BCUT2D eigenvalue weighted by molar-refractivity contribution is -0.134. The van der Waals surface area contributed by atoms with Gasteiger partial charge in [-0.05, 0) is 5.56 Å². The first-order valence-electron chi connectivity index (χ1n) is 6.56. The normalized spacial score (nSPS) is 14.7. The van der Waals surface area contributed by atoms with Crippen molar-refractivity contribution < 1.29 is 19.1 Å². The lowest BCUT2D eigenvalue weighted by Gasteiger charge is -2.26. The third kappa shape index (κ3) is 4.55. The number of carbonyl (C=O) groups is 2. The minimum atomic E-state index is -0.588. The van der Waals surface area contributed by atoms with E-state index in [1.807, 2.05) is 30.3 Å². The number of hydrogen-bond acceptors (Lipinski definition) is 4. The van der Waals surface area contributed by atoms with E-state index in [4.69, 9.17) is 9.47 Å². The van der Waals surface area contributed by atoms with E-state index in [-0.39, 0.29) is 19.1 Å². The summed E-state index contributed by atoms with van der Waals surface area (Å²) in [5, 5.41) is 2.46. The van der Waals surface area contributed by atoms with Crippen molar-refractivity contribution in [3.8, 4) is 0 Å². The van der Waals surface area contributed by atoms with Gasteiger partial charge in [0.05, 0.1) is 13.2 Å².